The second-order valence-electron chi connectivity index (χ2n) is 4.49. The lowest BCUT2D eigenvalue weighted by atomic mass is 10.0. The Balaban J connectivity index is 2.46. The first-order valence-electron chi connectivity index (χ1n) is 6.18. The summed E-state index contributed by atoms with van der Waals surface area (Å²) in [5.41, 5.74) is 2.00. The molecule has 0 bridgehead atoms. The lowest BCUT2D eigenvalue weighted by Gasteiger charge is -2.07. The fourth-order valence-corrected chi connectivity index (χ4v) is 1.59. The molecule has 0 aliphatic heterocycles. The summed E-state index contributed by atoms with van der Waals surface area (Å²) in [5, 5.41) is 5.95. The van der Waals surface area contributed by atoms with Crippen molar-refractivity contribution in [2.45, 2.75) is 26.2 Å². The van der Waals surface area contributed by atoms with Crippen LogP contribution < -0.4 is 10.6 Å². The monoisotopic (exact) mass is 234 g/mol. The van der Waals surface area contributed by atoms with Crippen molar-refractivity contribution >= 4 is 5.91 Å². The topological polar surface area (TPSA) is 41.1 Å². The fraction of sp³-hybridized carbons (Fsp3) is 0.500. The van der Waals surface area contributed by atoms with E-state index >= 15 is 0 Å². The van der Waals surface area contributed by atoms with Crippen LogP contribution in [0.4, 0.5) is 0 Å². The maximum Gasteiger partial charge on any atom is 0.251 e. The largest absolute Gasteiger partial charge is 0.352 e. The van der Waals surface area contributed by atoms with Gasteiger partial charge in [-0.1, -0.05) is 26.0 Å². The Bertz CT molecular complexity index is 344. The average molecular weight is 234 g/mol. The number of hydrogen-bond donors (Lipinski definition) is 2. The molecule has 0 atom stereocenters. The standard InChI is InChI=1S/C14H22N2O/c1-11(2)12-5-7-13(8-6-12)14(17)16-10-4-9-15-3/h5-8,11,15H,4,9-10H2,1-3H3,(H,16,17). The molecular weight excluding hydrogens is 212 g/mol. The normalized spacial score (nSPS) is 10.6. The summed E-state index contributed by atoms with van der Waals surface area (Å²) in [6, 6.07) is 7.83. The van der Waals surface area contributed by atoms with Crippen molar-refractivity contribution in [3.05, 3.63) is 35.4 Å². The van der Waals surface area contributed by atoms with Gasteiger partial charge in [0.1, 0.15) is 0 Å². The number of hydrogen-bond acceptors (Lipinski definition) is 2. The summed E-state index contributed by atoms with van der Waals surface area (Å²) >= 11 is 0. The van der Waals surface area contributed by atoms with Crippen LogP contribution in [0.2, 0.25) is 0 Å². The molecule has 0 saturated carbocycles. The Morgan fingerprint density at radius 1 is 1.18 bits per heavy atom. The molecule has 17 heavy (non-hydrogen) atoms. The first kappa shape index (κ1) is 13.7. The van der Waals surface area contributed by atoms with Crippen molar-refractivity contribution in [1.29, 1.82) is 0 Å². The molecule has 0 heterocycles. The van der Waals surface area contributed by atoms with E-state index in [4.69, 9.17) is 0 Å². The zero-order valence-electron chi connectivity index (χ0n) is 10.9. The molecular formula is C14H22N2O. The SMILES string of the molecule is CNCCCNC(=O)c1ccc(C(C)C)cc1. The number of benzene rings is 1. The summed E-state index contributed by atoms with van der Waals surface area (Å²) in [6.45, 7) is 5.93. The van der Waals surface area contributed by atoms with Gasteiger partial charge in [-0.3, -0.25) is 4.79 Å². The number of rotatable bonds is 6. The van der Waals surface area contributed by atoms with E-state index in [9.17, 15) is 4.79 Å². The predicted molar refractivity (Wildman–Crippen MR) is 71.4 cm³/mol. The van der Waals surface area contributed by atoms with Gasteiger partial charge < -0.3 is 10.6 Å². The maximum absolute atomic E-state index is 11.8. The molecule has 0 aliphatic carbocycles. The molecule has 3 nitrogen and oxygen atoms in total. The summed E-state index contributed by atoms with van der Waals surface area (Å²) in [6.07, 6.45) is 0.951. The Morgan fingerprint density at radius 3 is 2.35 bits per heavy atom. The smallest absolute Gasteiger partial charge is 0.251 e. The van der Waals surface area contributed by atoms with Gasteiger partial charge in [0.2, 0.25) is 0 Å². The van der Waals surface area contributed by atoms with E-state index in [0.29, 0.717) is 12.5 Å². The average Bonchev–Trinajstić information content (AvgIpc) is 2.34. The second-order valence-corrected chi connectivity index (χ2v) is 4.49. The minimum Gasteiger partial charge on any atom is -0.352 e. The second kappa shape index (κ2) is 7.07. The van der Waals surface area contributed by atoms with Crippen LogP contribution in [0.5, 0.6) is 0 Å². The van der Waals surface area contributed by atoms with Crippen LogP contribution in [0.3, 0.4) is 0 Å². The van der Waals surface area contributed by atoms with E-state index in [2.05, 4.69) is 24.5 Å². The van der Waals surface area contributed by atoms with Crippen LogP contribution >= 0.6 is 0 Å². The van der Waals surface area contributed by atoms with Gasteiger partial charge >= 0.3 is 0 Å². The molecule has 0 aromatic heterocycles. The highest BCUT2D eigenvalue weighted by Crippen LogP contribution is 2.14. The van der Waals surface area contributed by atoms with Crippen molar-refractivity contribution < 1.29 is 4.79 Å². The zero-order chi connectivity index (χ0) is 12.7. The van der Waals surface area contributed by atoms with Crippen LogP contribution in [0.15, 0.2) is 24.3 Å². The third kappa shape index (κ3) is 4.57. The number of carbonyl (C=O) groups is 1. The van der Waals surface area contributed by atoms with Gasteiger partial charge in [-0.25, -0.2) is 0 Å². The molecule has 0 spiro atoms. The molecule has 1 amide bonds. The van der Waals surface area contributed by atoms with Gasteiger partial charge in [0.25, 0.3) is 5.91 Å². The third-order valence-corrected chi connectivity index (χ3v) is 2.73. The van der Waals surface area contributed by atoms with Gasteiger partial charge in [0.15, 0.2) is 0 Å². The van der Waals surface area contributed by atoms with Crippen molar-refractivity contribution in [2.75, 3.05) is 20.1 Å². The van der Waals surface area contributed by atoms with Crippen molar-refractivity contribution in [3.8, 4) is 0 Å². The highest BCUT2D eigenvalue weighted by molar-refractivity contribution is 5.94. The molecule has 2 N–H and O–H groups in total. The minimum absolute atomic E-state index is 0.0106. The van der Waals surface area contributed by atoms with Gasteiger partial charge in [-0.05, 0) is 43.6 Å². The van der Waals surface area contributed by atoms with E-state index in [1.54, 1.807) is 0 Å². The Kier molecular flexibility index (Phi) is 5.70. The first-order chi connectivity index (χ1) is 8.15. The highest BCUT2D eigenvalue weighted by Gasteiger charge is 2.05. The van der Waals surface area contributed by atoms with Crippen LogP contribution in [-0.4, -0.2) is 26.0 Å². The lowest BCUT2D eigenvalue weighted by molar-refractivity contribution is 0.0953. The molecule has 94 valence electrons. The van der Waals surface area contributed by atoms with Crippen LogP contribution in [0, 0.1) is 0 Å². The van der Waals surface area contributed by atoms with E-state index in [-0.39, 0.29) is 5.91 Å². The maximum atomic E-state index is 11.8. The molecule has 1 aromatic carbocycles. The number of nitrogens with one attached hydrogen (secondary N) is 2. The molecule has 0 fully saturated rings. The molecule has 3 heteroatoms. The molecule has 0 aliphatic rings. The van der Waals surface area contributed by atoms with E-state index in [1.807, 2.05) is 31.3 Å². The van der Waals surface area contributed by atoms with Crippen molar-refractivity contribution in [3.63, 3.8) is 0 Å². The number of amides is 1. The van der Waals surface area contributed by atoms with Gasteiger partial charge in [-0.15, -0.1) is 0 Å². The summed E-state index contributed by atoms with van der Waals surface area (Å²) in [7, 11) is 1.91. The van der Waals surface area contributed by atoms with E-state index < -0.39 is 0 Å². The molecule has 0 unspecified atom stereocenters. The summed E-state index contributed by atoms with van der Waals surface area (Å²) in [4.78, 5) is 11.8. The Morgan fingerprint density at radius 2 is 1.82 bits per heavy atom. The van der Waals surface area contributed by atoms with Gasteiger partial charge in [0.05, 0.1) is 0 Å². The number of carbonyl (C=O) groups excluding carboxylic acids is 1. The third-order valence-electron chi connectivity index (χ3n) is 2.73. The van der Waals surface area contributed by atoms with Crippen molar-refractivity contribution in [2.24, 2.45) is 0 Å². The van der Waals surface area contributed by atoms with E-state index in [1.165, 1.54) is 5.56 Å². The molecule has 0 radical (unpaired) electrons. The summed E-state index contributed by atoms with van der Waals surface area (Å²) in [5.74, 6) is 0.513. The molecule has 0 saturated heterocycles. The van der Waals surface area contributed by atoms with Crippen LogP contribution in [-0.2, 0) is 0 Å². The van der Waals surface area contributed by atoms with Crippen LogP contribution in [0.1, 0.15) is 42.1 Å². The summed E-state index contributed by atoms with van der Waals surface area (Å²) < 4.78 is 0. The van der Waals surface area contributed by atoms with Crippen molar-refractivity contribution in [1.82, 2.24) is 10.6 Å². The van der Waals surface area contributed by atoms with Gasteiger partial charge in [-0.2, -0.15) is 0 Å². The van der Waals surface area contributed by atoms with E-state index in [0.717, 1.165) is 18.5 Å². The fourth-order valence-electron chi connectivity index (χ4n) is 1.59. The lowest BCUT2D eigenvalue weighted by Crippen LogP contribution is -2.26. The van der Waals surface area contributed by atoms with Gasteiger partial charge in [0, 0.05) is 12.1 Å². The zero-order valence-corrected chi connectivity index (χ0v) is 10.9. The van der Waals surface area contributed by atoms with Crippen LogP contribution in [0.25, 0.3) is 0 Å². The molecule has 1 rings (SSSR count). The minimum atomic E-state index is 0.0106. The Hall–Kier alpha value is -1.35. The highest BCUT2D eigenvalue weighted by atomic mass is 16.1. The predicted octanol–water partition coefficient (Wildman–Crippen LogP) is 2.15. The Labute approximate surface area is 104 Å². The molecule has 1 aromatic rings. The quantitative estimate of drug-likeness (QED) is 0.740. The first-order valence-corrected chi connectivity index (χ1v) is 6.18.